The van der Waals surface area contributed by atoms with Gasteiger partial charge in [-0.15, -0.1) is 0 Å². The van der Waals surface area contributed by atoms with Gasteiger partial charge in [0.1, 0.15) is 6.10 Å². The van der Waals surface area contributed by atoms with Crippen molar-refractivity contribution in [3.8, 4) is 0 Å². The maximum absolute atomic E-state index is 12.4. The molecule has 0 aliphatic heterocycles. The first-order chi connectivity index (χ1) is 16.6. The lowest BCUT2D eigenvalue weighted by atomic mass is 10.1. The quantitative estimate of drug-likeness (QED) is 0.0806. The molecular formula is C30H54O4. The molecule has 0 aromatic carbocycles. The van der Waals surface area contributed by atoms with Gasteiger partial charge in [-0.05, 0) is 63.9 Å². The van der Waals surface area contributed by atoms with Gasteiger partial charge in [0.05, 0.1) is 0 Å². The summed E-state index contributed by atoms with van der Waals surface area (Å²) >= 11 is 0. The van der Waals surface area contributed by atoms with Crippen LogP contribution in [0.15, 0.2) is 24.3 Å². The summed E-state index contributed by atoms with van der Waals surface area (Å²) in [4.78, 5) is 23.0. The second-order valence-electron chi connectivity index (χ2n) is 9.57. The minimum atomic E-state index is -0.725. The van der Waals surface area contributed by atoms with Gasteiger partial charge in [0.2, 0.25) is 0 Å². The van der Waals surface area contributed by atoms with Crippen LogP contribution in [-0.2, 0) is 14.3 Å². The molecule has 4 heteroatoms. The summed E-state index contributed by atoms with van der Waals surface area (Å²) in [7, 11) is 0. The van der Waals surface area contributed by atoms with E-state index in [1.54, 1.807) is 0 Å². The number of allylic oxidation sites excluding steroid dienone is 3. The van der Waals surface area contributed by atoms with Gasteiger partial charge >= 0.3 is 11.9 Å². The molecule has 0 rings (SSSR count). The number of hydrogen-bond donors (Lipinski definition) is 1. The van der Waals surface area contributed by atoms with Crippen molar-refractivity contribution < 1.29 is 19.4 Å². The summed E-state index contributed by atoms with van der Waals surface area (Å²) in [5, 5.41) is 8.74. The first-order valence-corrected chi connectivity index (χ1v) is 14.3. The predicted molar refractivity (Wildman–Crippen MR) is 144 cm³/mol. The number of ether oxygens (including phenoxy) is 1. The van der Waals surface area contributed by atoms with E-state index in [1.807, 2.05) is 0 Å². The molecule has 1 unspecified atom stereocenters. The first kappa shape index (κ1) is 32.4. The summed E-state index contributed by atoms with van der Waals surface area (Å²) in [6.07, 6.45) is 30.5. The van der Waals surface area contributed by atoms with Crippen LogP contribution in [0.4, 0.5) is 0 Å². The lowest BCUT2D eigenvalue weighted by Gasteiger charge is -2.15. The van der Waals surface area contributed by atoms with Crippen molar-refractivity contribution in [1.29, 1.82) is 0 Å². The van der Waals surface area contributed by atoms with Crippen LogP contribution in [-0.4, -0.2) is 23.1 Å². The maximum Gasteiger partial charge on any atom is 0.306 e. The molecule has 0 aliphatic rings. The molecule has 0 bridgehead atoms. The Bertz CT molecular complexity index is 524. The molecule has 0 fully saturated rings. The van der Waals surface area contributed by atoms with Gasteiger partial charge < -0.3 is 9.84 Å². The fourth-order valence-electron chi connectivity index (χ4n) is 3.95. The minimum Gasteiger partial charge on any atom is -0.481 e. The van der Waals surface area contributed by atoms with Crippen LogP contribution in [0.5, 0.6) is 0 Å². The second kappa shape index (κ2) is 26.0. The number of carbonyl (C=O) groups excluding carboxylic acids is 1. The third kappa shape index (κ3) is 25.1. The first-order valence-electron chi connectivity index (χ1n) is 14.3. The van der Waals surface area contributed by atoms with E-state index in [-0.39, 0.29) is 18.5 Å². The largest absolute Gasteiger partial charge is 0.481 e. The molecule has 0 amide bonds. The Hall–Kier alpha value is -1.58. The summed E-state index contributed by atoms with van der Waals surface area (Å²) in [6, 6.07) is 0. The smallest absolute Gasteiger partial charge is 0.306 e. The molecule has 0 aromatic rings. The zero-order valence-corrected chi connectivity index (χ0v) is 22.4. The summed E-state index contributed by atoms with van der Waals surface area (Å²) in [5.41, 5.74) is 0. The van der Waals surface area contributed by atoms with Crippen molar-refractivity contribution in [3.05, 3.63) is 24.3 Å². The molecule has 0 heterocycles. The molecule has 4 nitrogen and oxygen atoms in total. The number of esters is 1. The van der Waals surface area contributed by atoms with E-state index in [0.29, 0.717) is 6.42 Å². The van der Waals surface area contributed by atoms with E-state index < -0.39 is 5.97 Å². The Morgan fingerprint density at radius 2 is 1.18 bits per heavy atom. The van der Waals surface area contributed by atoms with Gasteiger partial charge in [-0.1, -0.05) is 96.3 Å². The van der Waals surface area contributed by atoms with Gasteiger partial charge in [0.25, 0.3) is 0 Å². The molecule has 0 saturated heterocycles. The van der Waals surface area contributed by atoms with Crippen molar-refractivity contribution in [3.63, 3.8) is 0 Å². The third-order valence-corrected chi connectivity index (χ3v) is 6.13. The standard InChI is InChI=1S/C30H54O4/c1-3-5-7-9-11-12-13-14-15-17-23-27-30(33)34-28(24-20-16-10-8-6-4-2)25-21-18-19-22-26-29(31)32/h9,11,20,24,28H,3-8,10,12-19,21-23,25-27H2,1-2H3,(H,31,32)/b11-9-,24-20-. The fraction of sp³-hybridized carbons (Fsp3) is 0.800. The highest BCUT2D eigenvalue weighted by Gasteiger charge is 2.11. The second-order valence-corrected chi connectivity index (χ2v) is 9.57. The van der Waals surface area contributed by atoms with Gasteiger partial charge in [0, 0.05) is 12.8 Å². The molecule has 0 aliphatic carbocycles. The SMILES string of the molecule is CCCC/C=C\CCCCCCCC(=O)OC(/C=C\CCCCCC)CCCCCCC(=O)O. The lowest BCUT2D eigenvalue weighted by molar-refractivity contribution is -0.147. The van der Waals surface area contributed by atoms with E-state index in [1.165, 1.54) is 70.6 Å². The van der Waals surface area contributed by atoms with Crippen LogP contribution in [0, 0.1) is 0 Å². The Morgan fingerprint density at radius 1 is 0.647 bits per heavy atom. The highest BCUT2D eigenvalue weighted by Crippen LogP contribution is 2.14. The lowest BCUT2D eigenvalue weighted by Crippen LogP contribution is -2.16. The molecule has 0 aromatic heterocycles. The molecule has 198 valence electrons. The topological polar surface area (TPSA) is 63.6 Å². The molecule has 0 spiro atoms. The van der Waals surface area contributed by atoms with Crippen molar-refractivity contribution in [1.82, 2.24) is 0 Å². The summed E-state index contributed by atoms with van der Waals surface area (Å²) < 4.78 is 5.79. The van der Waals surface area contributed by atoms with Gasteiger partial charge in [-0.3, -0.25) is 9.59 Å². The van der Waals surface area contributed by atoms with E-state index in [4.69, 9.17) is 9.84 Å². The maximum atomic E-state index is 12.4. The van der Waals surface area contributed by atoms with E-state index in [0.717, 1.165) is 51.4 Å². The van der Waals surface area contributed by atoms with E-state index in [9.17, 15) is 9.59 Å². The van der Waals surface area contributed by atoms with Crippen LogP contribution in [0.1, 0.15) is 149 Å². The number of rotatable bonds is 25. The molecule has 1 N–H and O–H groups in total. The van der Waals surface area contributed by atoms with Gasteiger partial charge in [-0.2, -0.15) is 0 Å². The number of hydrogen-bond acceptors (Lipinski definition) is 3. The Labute approximate surface area is 210 Å². The zero-order valence-electron chi connectivity index (χ0n) is 22.4. The molecular weight excluding hydrogens is 424 g/mol. The highest BCUT2D eigenvalue weighted by atomic mass is 16.5. The Balaban J connectivity index is 4.07. The average molecular weight is 479 g/mol. The van der Waals surface area contributed by atoms with Crippen LogP contribution >= 0.6 is 0 Å². The van der Waals surface area contributed by atoms with Crippen molar-refractivity contribution in [2.24, 2.45) is 0 Å². The zero-order chi connectivity index (χ0) is 25.1. The number of aliphatic carboxylic acids is 1. The number of carboxylic acid groups (broad SMARTS) is 1. The molecule has 1 atom stereocenters. The highest BCUT2D eigenvalue weighted by molar-refractivity contribution is 5.69. The molecule has 0 radical (unpaired) electrons. The van der Waals surface area contributed by atoms with Crippen molar-refractivity contribution in [2.45, 2.75) is 155 Å². The van der Waals surface area contributed by atoms with Crippen LogP contribution in [0.2, 0.25) is 0 Å². The normalized spacial score (nSPS) is 12.5. The molecule has 0 saturated carbocycles. The summed E-state index contributed by atoms with van der Waals surface area (Å²) in [6.45, 7) is 4.44. The van der Waals surface area contributed by atoms with Crippen molar-refractivity contribution in [2.75, 3.05) is 0 Å². The van der Waals surface area contributed by atoms with Crippen LogP contribution < -0.4 is 0 Å². The Kier molecular flexibility index (Phi) is 24.8. The number of unbranched alkanes of at least 4 members (excludes halogenated alkanes) is 14. The summed E-state index contributed by atoms with van der Waals surface area (Å²) in [5.74, 6) is -0.803. The van der Waals surface area contributed by atoms with Crippen LogP contribution in [0.25, 0.3) is 0 Å². The fourth-order valence-corrected chi connectivity index (χ4v) is 3.95. The minimum absolute atomic E-state index is 0.0784. The number of carboxylic acids is 1. The van der Waals surface area contributed by atoms with E-state index >= 15 is 0 Å². The van der Waals surface area contributed by atoms with Gasteiger partial charge in [-0.25, -0.2) is 0 Å². The predicted octanol–water partition coefficient (Wildman–Crippen LogP) is 9.33. The van der Waals surface area contributed by atoms with Crippen LogP contribution in [0.3, 0.4) is 0 Å². The number of carbonyl (C=O) groups is 2. The van der Waals surface area contributed by atoms with Gasteiger partial charge in [0.15, 0.2) is 0 Å². The average Bonchev–Trinajstić information content (AvgIpc) is 2.81. The monoisotopic (exact) mass is 478 g/mol. The van der Waals surface area contributed by atoms with E-state index in [2.05, 4.69) is 38.2 Å². The Morgan fingerprint density at radius 3 is 1.85 bits per heavy atom. The van der Waals surface area contributed by atoms with Crippen molar-refractivity contribution >= 4 is 11.9 Å². The molecule has 34 heavy (non-hydrogen) atoms. The third-order valence-electron chi connectivity index (χ3n) is 6.13.